The van der Waals surface area contributed by atoms with Gasteiger partial charge in [-0.2, -0.15) is 0 Å². The van der Waals surface area contributed by atoms with Crippen LogP contribution in [0.25, 0.3) is 0 Å². The van der Waals surface area contributed by atoms with Crippen LogP contribution in [0.15, 0.2) is 0 Å². The summed E-state index contributed by atoms with van der Waals surface area (Å²) in [5.74, 6) is 0.134. The molecular formula is C13H25N3O2. The van der Waals surface area contributed by atoms with Crippen molar-refractivity contribution in [1.82, 2.24) is 15.1 Å². The van der Waals surface area contributed by atoms with Gasteiger partial charge in [-0.05, 0) is 26.8 Å². The van der Waals surface area contributed by atoms with Crippen LogP contribution in [0, 0.1) is 0 Å². The van der Waals surface area contributed by atoms with E-state index in [1.807, 2.05) is 6.92 Å². The van der Waals surface area contributed by atoms with Crippen LogP contribution in [-0.4, -0.2) is 74.2 Å². The zero-order valence-electron chi connectivity index (χ0n) is 11.5. The molecule has 5 nitrogen and oxygen atoms in total. The predicted molar refractivity (Wildman–Crippen MR) is 70.5 cm³/mol. The fraction of sp³-hybridized carbons (Fsp3) is 0.923. The monoisotopic (exact) mass is 255 g/mol. The van der Waals surface area contributed by atoms with Crippen LogP contribution in [0.2, 0.25) is 0 Å². The predicted octanol–water partition coefficient (Wildman–Crippen LogP) is -0.0825. The molecule has 0 radical (unpaired) electrons. The van der Waals surface area contributed by atoms with E-state index in [4.69, 9.17) is 4.74 Å². The molecule has 1 N–H and O–H groups in total. The Morgan fingerprint density at radius 3 is 2.72 bits per heavy atom. The number of nitrogens with zero attached hydrogens (tertiary/aromatic N) is 2. The highest BCUT2D eigenvalue weighted by molar-refractivity contribution is 5.81. The summed E-state index contributed by atoms with van der Waals surface area (Å²) < 4.78 is 5.51. The third-order valence-corrected chi connectivity index (χ3v) is 3.99. The molecule has 0 spiro atoms. The maximum Gasteiger partial charge on any atom is 0.237 e. The second-order valence-electron chi connectivity index (χ2n) is 5.40. The number of rotatable bonds is 4. The second kappa shape index (κ2) is 6.50. The van der Waals surface area contributed by atoms with Crippen molar-refractivity contribution < 1.29 is 9.53 Å². The number of ether oxygens (including phenoxy) is 1. The highest BCUT2D eigenvalue weighted by Crippen LogP contribution is 2.11. The minimum absolute atomic E-state index is 0.0277. The van der Waals surface area contributed by atoms with Crippen LogP contribution in [0.3, 0.4) is 0 Å². The summed E-state index contributed by atoms with van der Waals surface area (Å²) in [6.45, 7) is 7.55. The van der Waals surface area contributed by atoms with E-state index in [-0.39, 0.29) is 18.1 Å². The molecule has 0 aromatic carbocycles. The van der Waals surface area contributed by atoms with E-state index in [1.54, 1.807) is 0 Å². The minimum atomic E-state index is -0.0277. The van der Waals surface area contributed by atoms with Gasteiger partial charge in [0.05, 0.1) is 12.1 Å². The molecule has 2 aliphatic rings. The maximum atomic E-state index is 12.1. The first kappa shape index (κ1) is 13.8. The fourth-order valence-electron chi connectivity index (χ4n) is 2.54. The Hall–Kier alpha value is -0.650. The zero-order chi connectivity index (χ0) is 13.0. The molecular weight excluding hydrogens is 230 g/mol. The summed E-state index contributed by atoms with van der Waals surface area (Å²) in [5, 5.41) is 3.01. The SMILES string of the molecule is C[C@H](C(=O)NC[C@@H]1CCCO1)N1CCN(C)CC1. The van der Waals surface area contributed by atoms with Crippen molar-refractivity contribution in [1.29, 1.82) is 0 Å². The zero-order valence-corrected chi connectivity index (χ0v) is 11.5. The standard InChI is InChI=1S/C13H25N3O2/c1-11(16-7-5-15(2)6-8-16)13(17)14-10-12-4-3-9-18-12/h11-12H,3-10H2,1-2H3,(H,14,17)/t11-,12+/m1/s1. The molecule has 0 aromatic heterocycles. The molecule has 2 saturated heterocycles. The maximum absolute atomic E-state index is 12.1. The number of nitrogens with one attached hydrogen (secondary N) is 1. The Morgan fingerprint density at radius 1 is 1.39 bits per heavy atom. The van der Waals surface area contributed by atoms with Gasteiger partial charge in [0, 0.05) is 39.3 Å². The van der Waals surface area contributed by atoms with Crippen LogP contribution in [-0.2, 0) is 9.53 Å². The van der Waals surface area contributed by atoms with Gasteiger partial charge in [-0.1, -0.05) is 0 Å². The van der Waals surface area contributed by atoms with E-state index in [2.05, 4.69) is 22.2 Å². The molecule has 0 bridgehead atoms. The highest BCUT2D eigenvalue weighted by Gasteiger charge is 2.25. The van der Waals surface area contributed by atoms with Gasteiger partial charge in [0.2, 0.25) is 5.91 Å². The molecule has 1 amide bonds. The van der Waals surface area contributed by atoms with Crippen LogP contribution in [0.4, 0.5) is 0 Å². The lowest BCUT2D eigenvalue weighted by molar-refractivity contribution is -0.127. The first-order valence-electron chi connectivity index (χ1n) is 6.98. The molecule has 104 valence electrons. The number of hydrogen-bond acceptors (Lipinski definition) is 4. The summed E-state index contributed by atoms with van der Waals surface area (Å²) in [7, 11) is 2.12. The molecule has 0 aromatic rings. The molecule has 2 atom stereocenters. The first-order valence-corrected chi connectivity index (χ1v) is 6.98. The van der Waals surface area contributed by atoms with Crippen LogP contribution < -0.4 is 5.32 Å². The average Bonchev–Trinajstić information content (AvgIpc) is 2.89. The molecule has 0 unspecified atom stereocenters. The van der Waals surface area contributed by atoms with Gasteiger partial charge < -0.3 is 15.0 Å². The van der Waals surface area contributed by atoms with Crippen molar-refractivity contribution in [3.05, 3.63) is 0 Å². The minimum Gasteiger partial charge on any atom is -0.376 e. The van der Waals surface area contributed by atoms with E-state index in [1.165, 1.54) is 0 Å². The van der Waals surface area contributed by atoms with Crippen molar-refractivity contribution in [3.8, 4) is 0 Å². The Labute approximate surface area is 109 Å². The first-order chi connectivity index (χ1) is 8.66. The summed E-state index contributed by atoms with van der Waals surface area (Å²) >= 11 is 0. The molecule has 2 rings (SSSR count). The van der Waals surface area contributed by atoms with Crippen molar-refractivity contribution in [3.63, 3.8) is 0 Å². The Balaban J connectivity index is 1.70. The Bertz CT molecular complexity index is 271. The van der Waals surface area contributed by atoms with Crippen LogP contribution in [0.5, 0.6) is 0 Å². The number of hydrogen-bond donors (Lipinski definition) is 1. The molecule has 0 aliphatic carbocycles. The largest absolute Gasteiger partial charge is 0.376 e. The summed E-state index contributed by atoms with van der Waals surface area (Å²) in [4.78, 5) is 16.6. The van der Waals surface area contributed by atoms with Crippen LogP contribution in [0.1, 0.15) is 19.8 Å². The Kier molecular flexibility index (Phi) is 4.97. The summed E-state index contributed by atoms with van der Waals surface area (Å²) in [5.41, 5.74) is 0. The number of carbonyl (C=O) groups is 1. The molecule has 18 heavy (non-hydrogen) atoms. The summed E-state index contributed by atoms with van der Waals surface area (Å²) in [6, 6.07) is -0.0277. The van der Waals surface area contributed by atoms with Crippen molar-refractivity contribution in [2.45, 2.75) is 31.9 Å². The van der Waals surface area contributed by atoms with Gasteiger partial charge >= 0.3 is 0 Å². The van der Waals surface area contributed by atoms with Crippen molar-refractivity contribution in [2.75, 3.05) is 46.4 Å². The number of amides is 1. The van der Waals surface area contributed by atoms with E-state index >= 15 is 0 Å². The van der Waals surface area contributed by atoms with Gasteiger partial charge in [0.1, 0.15) is 0 Å². The van der Waals surface area contributed by atoms with Gasteiger partial charge in [0.25, 0.3) is 0 Å². The topological polar surface area (TPSA) is 44.8 Å². The van der Waals surface area contributed by atoms with Crippen LogP contribution >= 0.6 is 0 Å². The number of piperazine rings is 1. The molecule has 2 aliphatic heterocycles. The third kappa shape index (κ3) is 3.67. The lowest BCUT2D eigenvalue weighted by Crippen LogP contribution is -2.53. The van der Waals surface area contributed by atoms with Crippen molar-refractivity contribution in [2.24, 2.45) is 0 Å². The Morgan fingerprint density at radius 2 is 2.11 bits per heavy atom. The molecule has 2 fully saturated rings. The highest BCUT2D eigenvalue weighted by atomic mass is 16.5. The van der Waals surface area contributed by atoms with E-state index in [9.17, 15) is 4.79 Å². The molecule has 2 heterocycles. The van der Waals surface area contributed by atoms with E-state index in [0.29, 0.717) is 6.54 Å². The number of carbonyl (C=O) groups excluding carboxylic acids is 1. The lowest BCUT2D eigenvalue weighted by atomic mass is 10.2. The van der Waals surface area contributed by atoms with Gasteiger partial charge in [-0.25, -0.2) is 0 Å². The van der Waals surface area contributed by atoms with Gasteiger partial charge in [-0.3, -0.25) is 9.69 Å². The smallest absolute Gasteiger partial charge is 0.237 e. The number of likely N-dealkylation sites (N-methyl/N-ethyl adjacent to an activating group) is 1. The molecule has 0 saturated carbocycles. The van der Waals surface area contributed by atoms with Gasteiger partial charge in [-0.15, -0.1) is 0 Å². The molecule has 5 heteroatoms. The average molecular weight is 255 g/mol. The van der Waals surface area contributed by atoms with Crippen molar-refractivity contribution >= 4 is 5.91 Å². The summed E-state index contributed by atoms with van der Waals surface area (Å²) in [6.07, 6.45) is 2.42. The van der Waals surface area contributed by atoms with E-state index in [0.717, 1.165) is 45.6 Å². The van der Waals surface area contributed by atoms with E-state index < -0.39 is 0 Å². The third-order valence-electron chi connectivity index (χ3n) is 3.99. The normalized spacial score (nSPS) is 28.2. The fourth-order valence-corrected chi connectivity index (χ4v) is 2.54. The lowest BCUT2D eigenvalue weighted by Gasteiger charge is -2.35. The quantitative estimate of drug-likeness (QED) is 0.763. The second-order valence-corrected chi connectivity index (χ2v) is 5.40. The van der Waals surface area contributed by atoms with Gasteiger partial charge in [0.15, 0.2) is 0 Å².